The predicted octanol–water partition coefficient (Wildman–Crippen LogP) is 3.26. The van der Waals surface area contributed by atoms with Crippen LogP contribution in [0.3, 0.4) is 0 Å². The number of carbonyl (C=O) groups excluding carboxylic acids is 1. The van der Waals surface area contributed by atoms with Crippen molar-refractivity contribution in [3.8, 4) is 22.6 Å². The van der Waals surface area contributed by atoms with Crippen molar-refractivity contribution >= 4 is 22.5 Å². The standard InChI is InChI=1S/C19H13N7O2/c27-19(16-5-2-8-28-16)20-13-4-1-3-11(9-13)17-14-10-12(18-23-25-26-24-18)6-7-15(14)21-22-17/h1-10H,(H,20,27)(H,21,22)(H,23,24,25,26). The minimum absolute atomic E-state index is 0.250. The van der Waals surface area contributed by atoms with Crippen LogP contribution in [0.2, 0.25) is 0 Å². The van der Waals surface area contributed by atoms with E-state index in [0.717, 1.165) is 27.7 Å². The second-order valence-corrected chi connectivity index (χ2v) is 6.08. The third kappa shape index (κ3) is 2.80. The molecule has 28 heavy (non-hydrogen) atoms. The zero-order chi connectivity index (χ0) is 18.9. The number of aromatic amines is 2. The predicted molar refractivity (Wildman–Crippen MR) is 101 cm³/mol. The summed E-state index contributed by atoms with van der Waals surface area (Å²) in [6, 6.07) is 16.5. The van der Waals surface area contributed by atoms with Gasteiger partial charge in [-0.15, -0.1) is 10.2 Å². The number of H-pyrrole nitrogens is 2. The van der Waals surface area contributed by atoms with Gasteiger partial charge in [0.15, 0.2) is 5.76 Å². The number of amides is 1. The molecule has 0 spiro atoms. The zero-order valence-electron chi connectivity index (χ0n) is 14.4. The first kappa shape index (κ1) is 15.9. The smallest absolute Gasteiger partial charge is 0.291 e. The first-order valence-corrected chi connectivity index (χ1v) is 8.45. The number of benzene rings is 2. The van der Waals surface area contributed by atoms with E-state index in [0.29, 0.717) is 11.5 Å². The highest BCUT2D eigenvalue weighted by atomic mass is 16.3. The Morgan fingerprint density at radius 2 is 1.96 bits per heavy atom. The minimum Gasteiger partial charge on any atom is -0.459 e. The van der Waals surface area contributed by atoms with Gasteiger partial charge in [-0.2, -0.15) is 10.3 Å². The maximum Gasteiger partial charge on any atom is 0.291 e. The number of hydrogen-bond donors (Lipinski definition) is 3. The van der Waals surface area contributed by atoms with Gasteiger partial charge in [0, 0.05) is 22.2 Å². The number of anilines is 1. The molecule has 3 N–H and O–H groups in total. The van der Waals surface area contributed by atoms with Crippen molar-refractivity contribution in [2.75, 3.05) is 5.32 Å². The molecule has 9 heteroatoms. The van der Waals surface area contributed by atoms with Crippen LogP contribution in [0.25, 0.3) is 33.5 Å². The van der Waals surface area contributed by atoms with E-state index in [1.54, 1.807) is 12.1 Å². The van der Waals surface area contributed by atoms with Crippen molar-refractivity contribution in [1.29, 1.82) is 0 Å². The Balaban J connectivity index is 1.51. The van der Waals surface area contributed by atoms with Crippen molar-refractivity contribution in [3.63, 3.8) is 0 Å². The number of nitrogens with zero attached hydrogens (tertiary/aromatic N) is 4. The SMILES string of the molecule is O=C(Nc1cccc(-c2n[nH]c3ccc(-c4nn[nH]n4)cc23)c1)c1ccco1. The van der Waals surface area contributed by atoms with Gasteiger partial charge in [0.05, 0.1) is 17.5 Å². The van der Waals surface area contributed by atoms with Crippen molar-refractivity contribution in [3.05, 3.63) is 66.6 Å². The zero-order valence-corrected chi connectivity index (χ0v) is 14.4. The molecular weight excluding hydrogens is 358 g/mol. The highest BCUT2D eigenvalue weighted by Crippen LogP contribution is 2.30. The topological polar surface area (TPSA) is 125 Å². The van der Waals surface area contributed by atoms with E-state index < -0.39 is 0 Å². The van der Waals surface area contributed by atoms with Crippen molar-refractivity contribution < 1.29 is 9.21 Å². The van der Waals surface area contributed by atoms with E-state index in [2.05, 4.69) is 36.1 Å². The van der Waals surface area contributed by atoms with Gasteiger partial charge < -0.3 is 9.73 Å². The van der Waals surface area contributed by atoms with Gasteiger partial charge in [-0.3, -0.25) is 9.89 Å². The molecule has 0 unspecified atom stereocenters. The molecule has 0 bridgehead atoms. The quantitative estimate of drug-likeness (QED) is 0.445. The Hall–Kier alpha value is -4.27. The van der Waals surface area contributed by atoms with Crippen LogP contribution in [0.5, 0.6) is 0 Å². The summed E-state index contributed by atoms with van der Waals surface area (Å²) >= 11 is 0. The van der Waals surface area contributed by atoms with Crippen LogP contribution in [-0.4, -0.2) is 36.7 Å². The third-order valence-corrected chi connectivity index (χ3v) is 4.31. The van der Waals surface area contributed by atoms with E-state index in [1.807, 2.05) is 42.5 Å². The molecule has 0 fully saturated rings. The van der Waals surface area contributed by atoms with Crippen LogP contribution < -0.4 is 5.32 Å². The second-order valence-electron chi connectivity index (χ2n) is 6.08. The maximum absolute atomic E-state index is 12.2. The van der Waals surface area contributed by atoms with Crippen LogP contribution in [0.1, 0.15) is 10.6 Å². The molecule has 5 aromatic rings. The molecule has 3 aromatic heterocycles. The fraction of sp³-hybridized carbons (Fsp3) is 0. The fourth-order valence-corrected chi connectivity index (χ4v) is 3.00. The molecule has 0 aliphatic heterocycles. The van der Waals surface area contributed by atoms with Gasteiger partial charge in [-0.25, -0.2) is 0 Å². The Labute approximate surface area is 157 Å². The van der Waals surface area contributed by atoms with Crippen LogP contribution in [0.4, 0.5) is 5.69 Å². The normalized spacial score (nSPS) is 11.0. The van der Waals surface area contributed by atoms with E-state index in [-0.39, 0.29) is 11.7 Å². The van der Waals surface area contributed by atoms with Gasteiger partial charge in [0.2, 0.25) is 5.82 Å². The Kier molecular flexibility index (Phi) is 3.68. The van der Waals surface area contributed by atoms with E-state index in [1.165, 1.54) is 6.26 Å². The second kappa shape index (κ2) is 6.47. The summed E-state index contributed by atoms with van der Waals surface area (Å²) < 4.78 is 5.13. The minimum atomic E-state index is -0.312. The molecule has 136 valence electrons. The highest BCUT2D eigenvalue weighted by molar-refractivity contribution is 6.03. The van der Waals surface area contributed by atoms with Crippen LogP contribution in [0.15, 0.2) is 65.3 Å². The van der Waals surface area contributed by atoms with Crippen molar-refractivity contribution in [1.82, 2.24) is 30.8 Å². The number of carbonyl (C=O) groups is 1. The van der Waals surface area contributed by atoms with Gasteiger partial charge >= 0.3 is 0 Å². The summed E-state index contributed by atoms with van der Waals surface area (Å²) in [5.74, 6) is 0.447. The molecule has 0 atom stereocenters. The molecule has 0 aliphatic carbocycles. The van der Waals surface area contributed by atoms with E-state index >= 15 is 0 Å². The van der Waals surface area contributed by atoms with Crippen LogP contribution in [0, 0.1) is 0 Å². The lowest BCUT2D eigenvalue weighted by molar-refractivity contribution is 0.0996. The lowest BCUT2D eigenvalue weighted by Gasteiger charge is -2.05. The molecule has 0 aliphatic rings. The monoisotopic (exact) mass is 371 g/mol. The molecule has 1 amide bonds. The summed E-state index contributed by atoms with van der Waals surface area (Å²) in [4.78, 5) is 12.2. The maximum atomic E-state index is 12.2. The van der Waals surface area contributed by atoms with Gasteiger partial charge in [-0.05, 0) is 47.7 Å². The number of hydrogen-bond acceptors (Lipinski definition) is 6. The number of fused-ring (bicyclic) bond motifs is 1. The summed E-state index contributed by atoms with van der Waals surface area (Å²) in [6.07, 6.45) is 1.46. The van der Waals surface area contributed by atoms with Gasteiger partial charge in [-0.1, -0.05) is 12.1 Å². The fourth-order valence-electron chi connectivity index (χ4n) is 3.00. The Bertz CT molecular complexity index is 1260. The van der Waals surface area contributed by atoms with Crippen LogP contribution >= 0.6 is 0 Å². The van der Waals surface area contributed by atoms with Crippen LogP contribution in [-0.2, 0) is 0 Å². The van der Waals surface area contributed by atoms with Crippen molar-refractivity contribution in [2.24, 2.45) is 0 Å². The molecule has 9 nitrogen and oxygen atoms in total. The number of nitrogens with one attached hydrogen (secondary N) is 3. The number of tetrazole rings is 1. The Morgan fingerprint density at radius 3 is 2.79 bits per heavy atom. The lowest BCUT2D eigenvalue weighted by Crippen LogP contribution is -2.10. The summed E-state index contributed by atoms with van der Waals surface area (Å²) in [5.41, 5.74) is 3.96. The molecule has 0 radical (unpaired) electrons. The third-order valence-electron chi connectivity index (χ3n) is 4.31. The first-order valence-electron chi connectivity index (χ1n) is 8.45. The number of furan rings is 1. The average molecular weight is 371 g/mol. The van der Waals surface area contributed by atoms with E-state index in [4.69, 9.17) is 4.42 Å². The van der Waals surface area contributed by atoms with Gasteiger partial charge in [0.1, 0.15) is 0 Å². The Morgan fingerprint density at radius 1 is 1.00 bits per heavy atom. The molecular formula is C19H13N7O2. The van der Waals surface area contributed by atoms with E-state index in [9.17, 15) is 4.79 Å². The molecule has 3 heterocycles. The largest absolute Gasteiger partial charge is 0.459 e. The summed E-state index contributed by atoms with van der Waals surface area (Å²) in [6.45, 7) is 0. The number of aromatic nitrogens is 6. The molecule has 2 aromatic carbocycles. The average Bonchev–Trinajstić information content (AvgIpc) is 3.49. The van der Waals surface area contributed by atoms with Crippen molar-refractivity contribution in [2.45, 2.75) is 0 Å². The first-order chi connectivity index (χ1) is 13.8. The summed E-state index contributed by atoms with van der Waals surface area (Å²) in [5, 5.41) is 25.3. The highest BCUT2D eigenvalue weighted by Gasteiger charge is 2.13. The molecule has 5 rings (SSSR count). The number of rotatable bonds is 4. The molecule has 0 saturated heterocycles. The summed E-state index contributed by atoms with van der Waals surface area (Å²) in [7, 11) is 0. The molecule has 0 saturated carbocycles. The van der Waals surface area contributed by atoms with Gasteiger partial charge in [0.25, 0.3) is 5.91 Å². The lowest BCUT2D eigenvalue weighted by atomic mass is 10.0.